The van der Waals surface area contributed by atoms with Crippen LogP contribution in [0.4, 0.5) is 23.2 Å². The number of anilines is 1. The van der Waals surface area contributed by atoms with Gasteiger partial charge in [-0.15, -0.1) is 11.8 Å². The van der Waals surface area contributed by atoms with Gasteiger partial charge < -0.3 is 14.4 Å². The lowest BCUT2D eigenvalue weighted by molar-refractivity contribution is -0.154. The molecular weight excluding hydrogens is 548 g/mol. The third-order valence-corrected chi connectivity index (χ3v) is 6.68. The fourth-order valence-electron chi connectivity index (χ4n) is 3.84. The van der Waals surface area contributed by atoms with Gasteiger partial charge in [-0.1, -0.05) is 0 Å². The van der Waals surface area contributed by atoms with E-state index >= 15 is 0 Å². The first-order valence-corrected chi connectivity index (χ1v) is 13.3. The van der Waals surface area contributed by atoms with Crippen LogP contribution in [0.15, 0.2) is 59.8 Å². The largest absolute Gasteiger partial charge is 0.496 e. The van der Waals surface area contributed by atoms with Crippen LogP contribution in [0.25, 0.3) is 11.1 Å². The summed E-state index contributed by atoms with van der Waals surface area (Å²) in [5.41, 5.74) is -0.512. The summed E-state index contributed by atoms with van der Waals surface area (Å²) in [5, 5.41) is 0. The number of hydrogen-bond donors (Lipinski definition) is 0. The highest BCUT2D eigenvalue weighted by Gasteiger charge is 2.32. The smallest absolute Gasteiger partial charge is 0.416 e. The number of esters is 1. The highest BCUT2D eigenvalue weighted by Crippen LogP contribution is 2.38. The summed E-state index contributed by atoms with van der Waals surface area (Å²) in [7, 11) is 2.80. The Hall–Kier alpha value is -3.60. The van der Waals surface area contributed by atoms with Crippen molar-refractivity contribution in [2.24, 2.45) is 0 Å². The Morgan fingerprint density at radius 3 is 2.40 bits per heavy atom. The number of hydrogen-bond acceptors (Lipinski definition) is 6. The maximum Gasteiger partial charge on any atom is 0.416 e. The van der Waals surface area contributed by atoms with Gasteiger partial charge in [0.1, 0.15) is 17.2 Å². The highest BCUT2D eigenvalue weighted by atomic mass is 32.2. The van der Waals surface area contributed by atoms with Crippen molar-refractivity contribution in [3.05, 3.63) is 71.8 Å². The zero-order valence-corrected chi connectivity index (χ0v) is 23.6. The predicted molar refractivity (Wildman–Crippen MR) is 146 cm³/mol. The van der Waals surface area contributed by atoms with E-state index in [0.29, 0.717) is 29.0 Å². The number of rotatable bonds is 9. The van der Waals surface area contributed by atoms with Crippen molar-refractivity contribution in [2.75, 3.05) is 24.8 Å². The fourth-order valence-corrected chi connectivity index (χ4v) is 4.79. The quantitative estimate of drug-likeness (QED) is 0.114. The highest BCUT2D eigenvalue weighted by molar-refractivity contribution is 7.99. The number of aromatic nitrogens is 1. The van der Waals surface area contributed by atoms with Crippen LogP contribution in [-0.2, 0) is 15.7 Å². The summed E-state index contributed by atoms with van der Waals surface area (Å²) in [5.74, 6) is -1.03. The predicted octanol–water partition coefficient (Wildman–Crippen LogP) is 7.41. The Kier molecular flexibility index (Phi) is 9.83. The van der Waals surface area contributed by atoms with E-state index in [1.807, 2.05) is 0 Å². The normalized spacial score (nSPS) is 11.7. The molecule has 0 spiro atoms. The molecule has 0 unspecified atom stereocenters. The molecule has 0 bridgehead atoms. The zero-order valence-electron chi connectivity index (χ0n) is 22.8. The van der Waals surface area contributed by atoms with Gasteiger partial charge in [-0.05, 0) is 69.3 Å². The summed E-state index contributed by atoms with van der Waals surface area (Å²) >= 11 is 1.11. The first kappa shape index (κ1) is 30.9. The lowest BCUT2D eigenvalue weighted by atomic mass is 10.0. The van der Waals surface area contributed by atoms with Gasteiger partial charge in [-0.2, -0.15) is 13.2 Å². The van der Waals surface area contributed by atoms with E-state index in [2.05, 4.69) is 4.98 Å². The molecule has 2 aromatic carbocycles. The van der Waals surface area contributed by atoms with Crippen LogP contribution in [0.1, 0.15) is 49.5 Å². The van der Waals surface area contributed by atoms with E-state index in [0.717, 1.165) is 23.9 Å². The molecule has 0 aliphatic carbocycles. The average Bonchev–Trinajstić information content (AvgIpc) is 2.88. The molecule has 6 nitrogen and oxygen atoms in total. The lowest BCUT2D eigenvalue weighted by Gasteiger charge is -2.22. The number of halogens is 4. The summed E-state index contributed by atoms with van der Waals surface area (Å²) in [6.45, 7) is 5.26. The number of carbonyl (C=O) groups excluding carboxylic acids is 2. The molecule has 0 radical (unpaired) electrons. The second kappa shape index (κ2) is 12.7. The first-order valence-electron chi connectivity index (χ1n) is 12.3. The molecule has 1 heterocycles. The molecule has 1 aromatic heterocycles. The van der Waals surface area contributed by atoms with Crippen LogP contribution in [0.5, 0.6) is 5.75 Å². The maximum absolute atomic E-state index is 13.8. The third kappa shape index (κ3) is 8.20. The van der Waals surface area contributed by atoms with Gasteiger partial charge in [-0.25, -0.2) is 4.39 Å². The van der Waals surface area contributed by atoms with Gasteiger partial charge in [0.15, 0.2) is 0 Å². The van der Waals surface area contributed by atoms with Crippen LogP contribution in [0, 0.1) is 5.82 Å². The summed E-state index contributed by atoms with van der Waals surface area (Å²) in [6.07, 6.45) is -1.29. The summed E-state index contributed by atoms with van der Waals surface area (Å²) < 4.78 is 65.5. The maximum atomic E-state index is 13.8. The van der Waals surface area contributed by atoms with Gasteiger partial charge in [0, 0.05) is 47.3 Å². The molecular formula is C29H30F4N2O4S. The first-order chi connectivity index (χ1) is 18.7. The van der Waals surface area contributed by atoms with Gasteiger partial charge >= 0.3 is 12.1 Å². The summed E-state index contributed by atoms with van der Waals surface area (Å²) in [6, 6.07) is 8.70. The van der Waals surface area contributed by atoms with Crippen LogP contribution < -0.4 is 9.64 Å². The van der Waals surface area contributed by atoms with Crippen molar-refractivity contribution in [2.45, 2.75) is 50.3 Å². The van der Waals surface area contributed by atoms with Crippen molar-refractivity contribution < 1.29 is 36.6 Å². The van der Waals surface area contributed by atoms with Gasteiger partial charge in [0.05, 0.1) is 24.6 Å². The second-order valence-electron chi connectivity index (χ2n) is 9.88. The minimum absolute atomic E-state index is 0.119. The van der Waals surface area contributed by atoms with Crippen molar-refractivity contribution >= 4 is 29.3 Å². The van der Waals surface area contributed by atoms with Crippen molar-refractivity contribution in [3.63, 3.8) is 0 Å². The SMILES string of the molecule is COc1cc(F)ccc1-c1ccncc1N(C)C(=O)c1cc(SCCCC(=O)OC(C)(C)C)cc(C(F)(F)F)c1. The van der Waals surface area contributed by atoms with Crippen molar-refractivity contribution in [3.8, 4) is 16.9 Å². The summed E-state index contributed by atoms with van der Waals surface area (Å²) in [4.78, 5) is 30.9. The molecule has 0 fully saturated rings. The molecule has 3 rings (SSSR count). The van der Waals surface area contributed by atoms with Crippen molar-refractivity contribution in [1.82, 2.24) is 4.98 Å². The molecule has 0 N–H and O–H groups in total. The number of nitrogens with zero attached hydrogens (tertiary/aromatic N) is 2. The second-order valence-corrected chi connectivity index (χ2v) is 11.1. The molecule has 3 aromatic rings. The third-order valence-electron chi connectivity index (χ3n) is 5.61. The van der Waals surface area contributed by atoms with E-state index in [4.69, 9.17) is 9.47 Å². The number of pyridine rings is 1. The van der Waals surface area contributed by atoms with Crippen molar-refractivity contribution in [1.29, 1.82) is 0 Å². The van der Waals surface area contributed by atoms with Gasteiger partial charge in [0.2, 0.25) is 0 Å². The minimum Gasteiger partial charge on any atom is -0.496 e. The Labute approximate surface area is 234 Å². The number of amides is 1. The fraction of sp³-hybridized carbons (Fsp3) is 0.345. The number of benzene rings is 2. The number of alkyl halides is 3. The van der Waals surface area contributed by atoms with Crippen LogP contribution in [0.2, 0.25) is 0 Å². The average molecular weight is 579 g/mol. The van der Waals surface area contributed by atoms with Gasteiger partial charge in [-0.3, -0.25) is 14.6 Å². The monoisotopic (exact) mass is 578 g/mol. The van der Waals surface area contributed by atoms with Gasteiger partial charge in [0.25, 0.3) is 5.91 Å². The van der Waals surface area contributed by atoms with E-state index in [1.165, 1.54) is 55.7 Å². The Morgan fingerprint density at radius 1 is 1.02 bits per heavy atom. The molecule has 0 aliphatic rings. The molecule has 0 aliphatic heterocycles. The number of carbonyl (C=O) groups is 2. The molecule has 40 heavy (non-hydrogen) atoms. The molecule has 0 atom stereocenters. The van der Waals surface area contributed by atoms with Crippen LogP contribution in [-0.4, -0.2) is 42.4 Å². The van der Waals surface area contributed by atoms with E-state index in [9.17, 15) is 27.2 Å². The van der Waals surface area contributed by atoms with E-state index < -0.39 is 29.1 Å². The van der Waals surface area contributed by atoms with Crippen LogP contribution >= 0.6 is 11.8 Å². The Bertz CT molecular complexity index is 1370. The Morgan fingerprint density at radius 2 is 1.75 bits per heavy atom. The molecule has 0 saturated carbocycles. The standard InChI is InChI=1S/C29H30F4N2O4S/c1-28(2,3)39-26(36)7-6-12-40-21-14-18(13-19(15-21)29(31,32)33)27(37)35(4)24-17-34-11-10-22(24)23-9-8-20(30)16-25(23)38-5/h8-11,13-17H,6-7,12H2,1-5H3. The van der Waals surface area contributed by atoms with Crippen LogP contribution in [0.3, 0.4) is 0 Å². The zero-order chi connectivity index (χ0) is 29.7. The lowest BCUT2D eigenvalue weighted by Crippen LogP contribution is -2.27. The molecule has 0 saturated heterocycles. The number of methoxy groups -OCH3 is 1. The topological polar surface area (TPSA) is 68.7 Å². The molecule has 1 amide bonds. The van der Waals surface area contributed by atoms with E-state index in [-0.39, 0.29) is 28.6 Å². The number of thioether (sulfide) groups is 1. The van der Waals surface area contributed by atoms with E-state index in [1.54, 1.807) is 26.8 Å². The molecule has 214 valence electrons. The minimum atomic E-state index is -4.68. The Balaban J connectivity index is 1.88. The molecule has 11 heteroatoms. The number of ether oxygens (including phenoxy) is 2.